The summed E-state index contributed by atoms with van der Waals surface area (Å²) in [6.45, 7) is 1.12. The van der Waals surface area contributed by atoms with Crippen molar-refractivity contribution in [2.24, 2.45) is 5.73 Å². The molecule has 0 bridgehead atoms. The second kappa shape index (κ2) is 6.00. The van der Waals surface area contributed by atoms with Crippen molar-refractivity contribution in [3.05, 3.63) is 47.5 Å². The average molecular weight is 281 g/mol. The number of rotatable bonds is 5. The lowest BCUT2D eigenvalue weighted by Crippen LogP contribution is -2.11. The van der Waals surface area contributed by atoms with E-state index in [0.29, 0.717) is 5.75 Å². The summed E-state index contributed by atoms with van der Waals surface area (Å²) < 4.78 is 31.8. The highest BCUT2D eigenvalue weighted by molar-refractivity contribution is 5.38. The molecule has 0 saturated carbocycles. The van der Waals surface area contributed by atoms with E-state index < -0.39 is 6.55 Å². The molecule has 1 heterocycles. The van der Waals surface area contributed by atoms with Crippen molar-refractivity contribution in [2.45, 2.75) is 33.0 Å². The number of alkyl halides is 2. The molecule has 1 atom stereocenters. The second-order valence-electron chi connectivity index (χ2n) is 4.65. The lowest BCUT2D eigenvalue weighted by molar-refractivity contribution is 0.0632. The van der Waals surface area contributed by atoms with Gasteiger partial charge in [0.05, 0.1) is 0 Å². The normalized spacial score (nSPS) is 12.7. The summed E-state index contributed by atoms with van der Waals surface area (Å²) in [6, 6.07) is 5.47. The van der Waals surface area contributed by atoms with Crippen LogP contribution in [0.3, 0.4) is 0 Å². The number of aryl methyl sites for hydroxylation is 1. The summed E-state index contributed by atoms with van der Waals surface area (Å²) in [5, 5.41) is 0. The number of hydrogen-bond donors (Lipinski definition) is 1. The first-order valence-electron chi connectivity index (χ1n) is 6.28. The van der Waals surface area contributed by atoms with Crippen molar-refractivity contribution in [1.82, 2.24) is 9.55 Å². The summed E-state index contributed by atoms with van der Waals surface area (Å²) in [5.74, 6) is 0.779. The van der Waals surface area contributed by atoms with Crippen LogP contribution in [-0.2, 0) is 6.61 Å². The van der Waals surface area contributed by atoms with Gasteiger partial charge in [0.15, 0.2) is 5.82 Å². The minimum Gasteiger partial charge on any atom is -0.485 e. The fourth-order valence-corrected chi connectivity index (χ4v) is 1.92. The van der Waals surface area contributed by atoms with E-state index in [2.05, 4.69) is 4.98 Å². The van der Waals surface area contributed by atoms with E-state index in [0.717, 1.165) is 15.7 Å². The van der Waals surface area contributed by atoms with E-state index in [1.165, 1.54) is 12.4 Å². The molecule has 0 radical (unpaired) electrons. The molecule has 20 heavy (non-hydrogen) atoms. The fraction of sp³-hybridized carbons (Fsp3) is 0.357. The molecule has 2 N–H and O–H groups in total. The maximum atomic E-state index is 12.7. The molecule has 6 heteroatoms. The van der Waals surface area contributed by atoms with Crippen LogP contribution in [0, 0.1) is 6.92 Å². The molecule has 0 unspecified atom stereocenters. The Balaban J connectivity index is 2.18. The Morgan fingerprint density at radius 2 is 2.15 bits per heavy atom. The van der Waals surface area contributed by atoms with Crippen LogP contribution >= 0.6 is 0 Å². The van der Waals surface area contributed by atoms with E-state index >= 15 is 0 Å². The summed E-state index contributed by atoms with van der Waals surface area (Å²) >= 11 is 0. The van der Waals surface area contributed by atoms with E-state index in [9.17, 15) is 8.78 Å². The molecule has 2 rings (SSSR count). The quantitative estimate of drug-likeness (QED) is 0.915. The number of nitrogens with two attached hydrogens (primary N) is 1. The Morgan fingerprint density at radius 3 is 2.80 bits per heavy atom. The Morgan fingerprint density at radius 1 is 1.40 bits per heavy atom. The van der Waals surface area contributed by atoms with E-state index in [-0.39, 0.29) is 18.5 Å². The molecule has 0 aliphatic heterocycles. The highest BCUT2D eigenvalue weighted by Crippen LogP contribution is 2.26. The number of aromatic nitrogens is 2. The van der Waals surface area contributed by atoms with Gasteiger partial charge in [-0.2, -0.15) is 8.78 Å². The molecule has 0 aliphatic rings. The van der Waals surface area contributed by atoms with Gasteiger partial charge in [-0.15, -0.1) is 0 Å². The Kier molecular flexibility index (Phi) is 4.34. The minimum atomic E-state index is -2.62. The topological polar surface area (TPSA) is 53.1 Å². The zero-order valence-electron chi connectivity index (χ0n) is 11.4. The van der Waals surface area contributed by atoms with Crippen LogP contribution in [0.25, 0.3) is 0 Å². The lowest BCUT2D eigenvalue weighted by atomic mass is 10.1. The molecule has 0 amide bonds. The number of hydrogen-bond acceptors (Lipinski definition) is 3. The summed E-state index contributed by atoms with van der Waals surface area (Å²) in [4.78, 5) is 3.88. The van der Waals surface area contributed by atoms with Crippen molar-refractivity contribution in [3.8, 4) is 5.75 Å². The van der Waals surface area contributed by atoms with Crippen LogP contribution in [0.15, 0.2) is 30.6 Å². The molecule has 1 aromatic carbocycles. The fourth-order valence-electron chi connectivity index (χ4n) is 1.92. The molecule has 0 fully saturated rings. The number of imidazole rings is 1. The lowest BCUT2D eigenvalue weighted by Gasteiger charge is -2.15. The van der Waals surface area contributed by atoms with Gasteiger partial charge >= 0.3 is 6.55 Å². The van der Waals surface area contributed by atoms with Crippen LogP contribution < -0.4 is 10.5 Å². The first-order chi connectivity index (χ1) is 9.49. The number of nitrogens with zero attached hydrogens (tertiary/aromatic N) is 2. The molecule has 0 saturated heterocycles. The SMILES string of the molecule is Cc1ccc([C@@H](C)N)c(OCc2nccn2C(F)F)c1. The smallest absolute Gasteiger partial charge is 0.320 e. The number of ether oxygens (including phenoxy) is 1. The van der Waals surface area contributed by atoms with Gasteiger partial charge in [0, 0.05) is 24.0 Å². The van der Waals surface area contributed by atoms with Crippen molar-refractivity contribution in [3.63, 3.8) is 0 Å². The maximum Gasteiger partial charge on any atom is 0.320 e. The van der Waals surface area contributed by atoms with Crippen molar-refractivity contribution in [2.75, 3.05) is 0 Å². The zero-order valence-corrected chi connectivity index (χ0v) is 11.4. The van der Waals surface area contributed by atoms with E-state index in [1.54, 1.807) is 0 Å². The Bertz CT molecular complexity index is 582. The van der Waals surface area contributed by atoms with Gasteiger partial charge in [-0.05, 0) is 25.5 Å². The van der Waals surface area contributed by atoms with Gasteiger partial charge in [0.25, 0.3) is 0 Å². The van der Waals surface area contributed by atoms with Crippen LogP contribution in [0.4, 0.5) is 8.78 Å². The third-order valence-corrected chi connectivity index (χ3v) is 2.98. The number of benzene rings is 1. The molecular formula is C14H17F2N3O. The standard InChI is InChI=1S/C14H17F2N3O/c1-9-3-4-11(10(2)17)12(7-9)20-8-13-18-5-6-19(13)14(15)16/h3-7,10,14H,8,17H2,1-2H3/t10-/m1/s1. The summed E-state index contributed by atoms with van der Waals surface area (Å²) in [6.07, 6.45) is 2.56. The first-order valence-corrected chi connectivity index (χ1v) is 6.28. The zero-order chi connectivity index (χ0) is 14.7. The summed E-state index contributed by atoms with van der Waals surface area (Å²) in [7, 11) is 0. The molecule has 108 valence electrons. The van der Waals surface area contributed by atoms with Gasteiger partial charge in [-0.1, -0.05) is 12.1 Å². The number of halogens is 2. The summed E-state index contributed by atoms with van der Waals surface area (Å²) in [5.41, 5.74) is 7.72. The molecule has 0 aliphatic carbocycles. The average Bonchev–Trinajstić information content (AvgIpc) is 2.84. The predicted octanol–water partition coefficient (Wildman–Crippen LogP) is 3.19. The van der Waals surface area contributed by atoms with E-state index in [1.807, 2.05) is 32.0 Å². The van der Waals surface area contributed by atoms with Crippen molar-refractivity contribution in [1.29, 1.82) is 0 Å². The van der Waals surface area contributed by atoms with Gasteiger partial charge in [0.1, 0.15) is 12.4 Å². The minimum absolute atomic E-state index is 0.0273. The molecule has 0 spiro atoms. The van der Waals surface area contributed by atoms with Gasteiger partial charge in [-0.25, -0.2) is 4.98 Å². The Hall–Kier alpha value is -1.95. The third kappa shape index (κ3) is 3.14. The maximum absolute atomic E-state index is 12.7. The first kappa shape index (κ1) is 14.5. The van der Waals surface area contributed by atoms with Crippen LogP contribution in [-0.4, -0.2) is 9.55 Å². The van der Waals surface area contributed by atoms with E-state index in [4.69, 9.17) is 10.5 Å². The third-order valence-electron chi connectivity index (χ3n) is 2.98. The predicted molar refractivity (Wildman–Crippen MR) is 71.6 cm³/mol. The van der Waals surface area contributed by atoms with Crippen molar-refractivity contribution >= 4 is 0 Å². The molecular weight excluding hydrogens is 264 g/mol. The highest BCUT2D eigenvalue weighted by Gasteiger charge is 2.13. The molecule has 1 aromatic heterocycles. The van der Waals surface area contributed by atoms with Crippen LogP contribution in [0.5, 0.6) is 5.75 Å². The van der Waals surface area contributed by atoms with Crippen LogP contribution in [0.2, 0.25) is 0 Å². The van der Waals surface area contributed by atoms with Crippen molar-refractivity contribution < 1.29 is 13.5 Å². The second-order valence-corrected chi connectivity index (χ2v) is 4.65. The van der Waals surface area contributed by atoms with Gasteiger partial charge < -0.3 is 10.5 Å². The monoisotopic (exact) mass is 281 g/mol. The van der Waals surface area contributed by atoms with Crippen LogP contribution in [0.1, 0.15) is 36.5 Å². The van der Waals surface area contributed by atoms with Gasteiger partial charge in [-0.3, -0.25) is 4.57 Å². The Labute approximate surface area is 116 Å². The highest BCUT2D eigenvalue weighted by atomic mass is 19.3. The van der Waals surface area contributed by atoms with Gasteiger partial charge in [0.2, 0.25) is 0 Å². The molecule has 2 aromatic rings. The molecule has 4 nitrogen and oxygen atoms in total. The largest absolute Gasteiger partial charge is 0.485 e.